The molecule has 1 amide bonds. The van der Waals surface area contributed by atoms with Gasteiger partial charge in [0.2, 0.25) is 5.91 Å². The van der Waals surface area contributed by atoms with Crippen LogP contribution >= 0.6 is 0 Å². The van der Waals surface area contributed by atoms with Gasteiger partial charge in [0.25, 0.3) is 0 Å². The Kier molecular flexibility index (Phi) is 2.88. The Morgan fingerprint density at radius 2 is 1.68 bits per heavy atom. The van der Waals surface area contributed by atoms with E-state index in [4.69, 9.17) is 0 Å². The van der Waals surface area contributed by atoms with Crippen molar-refractivity contribution in [3.8, 4) is 0 Å². The van der Waals surface area contributed by atoms with Crippen LogP contribution in [0.1, 0.15) is 12.5 Å². The monoisotopic (exact) mass is 250 g/mol. The lowest BCUT2D eigenvalue weighted by Gasteiger charge is -2.11. The van der Waals surface area contributed by atoms with E-state index >= 15 is 0 Å². The van der Waals surface area contributed by atoms with E-state index < -0.39 is 0 Å². The Hall–Kier alpha value is -2.42. The highest BCUT2D eigenvalue weighted by molar-refractivity contribution is 6.18. The van der Waals surface area contributed by atoms with Gasteiger partial charge in [-0.15, -0.1) is 0 Å². The maximum atomic E-state index is 12.2. The lowest BCUT2D eigenvalue weighted by atomic mass is 9.97. The summed E-state index contributed by atoms with van der Waals surface area (Å²) in [6.45, 7) is 1.88. The van der Waals surface area contributed by atoms with Crippen molar-refractivity contribution in [1.82, 2.24) is 0 Å². The quantitative estimate of drug-likeness (QED) is 0.828. The molecule has 1 heterocycles. The van der Waals surface area contributed by atoms with Crippen LogP contribution in [0.15, 0.2) is 59.6 Å². The molecule has 3 nitrogen and oxygen atoms in total. The maximum absolute atomic E-state index is 12.2. The van der Waals surface area contributed by atoms with Gasteiger partial charge in [0, 0.05) is 0 Å². The van der Waals surface area contributed by atoms with Gasteiger partial charge in [-0.2, -0.15) is 0 Å². The number of amides is 1. The molecule has 19 heavy (non-hydrogen) atoms. The zero-order valence-electron chi connectivity index (χ0n) is 10.6. The van der Waals surface area contributed by atoms with E-state index in [9.17, 15) is 4.79 Å². The highest BCUT2D eigenvalue weighted by Gasteiger charge is 2.24. The molecule has 94 valence electrons. The molecule has 0 spiro atoms. The molecule has 0 saturated carbocycles. The van der Waals surface area contributed by atoms with Crippen LogP contribution in [0.3, 0.4) is 0 Å². The maximum Gasteiger partial charge on any atom is 0.233 e. The Bertz CT molecular complexity index is 647. The Morgan fingerprint density at radius 3 is 2.47 bits per heavy atom. The van der Waals surface area contributed by atoms with Crippen molar-refractivity contribution in [2.75, 3.05) is 5.32 Å². The second-order valence-corrected chi connectivity index (χ2v) is 4.59. The third kappa shape index (κ3) is 2.15. The number of hydrogen-bond acceptors (Lipinski definition) is 2. The summed E-state index contributed by atoms with van der Waals surface area (Å²) in [5, 5.41) is 2.92. The first-order chi connectivity index (χ1) is 9.25. The molecular weight excluding hydrogens is 236 g/mol. The lowest BCUT2D eigenvalue weighted by molar-refractivity contribution is -0.117. The minimum atomic E-state index is -0.269. The van der Waals surface area contributed by atoms with Crippen LogP contribution in [0.5, 0.6) is 0 Å². The Balaban J connectivity index is 2.16. The minimum absolute atomic E-state index is 0.0208. The first-order valence-corrected chi connectivity index (χ1v) is 6.29. The van der Waals surface area contributed by atoms with Crippen molar-refractivity contribution in [2.24, 2.45) is 10.9 Å². The summed E-state index contributed by atoms with van der Waals surface area (Å²) >= 11 is 0. The number of hydrogen-bond donors (Lipinski definition) is 1. The number of nitrogens with zero attached hydrogens (tertiary/aromatic N) is 1. The van der Waals surface area contributed by atoms with Gasteiger partial charge in [-0.1, -0.05) is 42.5 Å². The van der Waals surface area contributed by atoms with Gasteiger partial charge < -0.3 is 5.32 Å². The fourth-order valence-corrected chi connectivity index (χ4v) is 2.19. The molecule has 1 N–H and O–H groups in total. The fraction of sp³-hybridized carbons (Fsp3) is 0.125. The molecule has 0 radical (unpaired) electrons. The number of benzene rings is 2. The van der Waals surface area contributed by atoms with Crippen molar-refractivity contribution in [3.63, 3.8) is 0 Å². The molecule has 0 aliphatic carbocycles. The third-order valence-corrected chi connectivity index (χ3v) is 3.28. The zero-order chi connectivity index (χ0) is 13.2. The number of aliphatic imine (C=N–C) groups is 1. The average molecular weight is 250 g/mol. The summed E-state index contributed by atoms with van der Waals surface area (Å²) < 4.78 is 0. The molecule has 0 fully saturated rings. The minimum Gasteiger partial charge on any atom is -0.324 e. The molecule has 1 atom stereocenters. The summed E-state index contributed by atoms with van der Waals surface area (Å²) in [7, 11) is 0. The molecule has 2 aromatic rings. The molecule has 0 aromatic heterocycles. The lowest BCUT2D eigenvalue weighted by Crippen LogP contribution is -2.26. The van der Waals surface area contributed by atoms with E-state index in [2.05, 4.69) is 10.3 Å². The van der Waals surface area contributed by atoms with E-state index in [0.29, 0.717) is 0 Å². The second kappa shape index (κ2) is 4.69. The molecular formula is C16H14N2O. The number of fused-ring (bicyclic) bond motifs is 1. The summed E-state index contributed by atoms with van der Waals surface area (Å²) in [6, 6.07) is 17.4. The number of nitrogens with one attached hydrogen (secondary N) is 1. The van der Waals surface area contributed by atoms with Crippen molar-refractivity contribution in [1.29, 1.82) is 0 Å². The second-order valence-electron chi connectivity index (χ2n) is 4.59. The number of anilines is 1. The standard InChI is InChI=1S/C16H14N2O/c1-11-15(12-7-3-2-4-8-12)17-13-9-5-6-10-14(13)18-16(11)19/h2-11H,1H3,(H,18,19). The number of carbonyl (C=O) groups is 1. The van der Waals surface area contributed by atoms with Gasteiger partial charge in [0.1, 0.15) is 0 Å². The summed E-state index contributed by atoms with van der Waals surface area (Å²) in [5.74, 6) is -0.289. The van der Waals surface area contributed by atoms with Crippen molar-refractivity contribution in [3.05, 3.63) is 60.2 Å². The number of carbonyl (C=O) groups excluding carboxylic acids is 1. The van der Waals surface area contributed by atoms with E-state index in [1.54, 1.807) is 0 Å². The van der Waals surface area contributed by atoms with Crippen LogP contribution in [0.25, 0.3) is 0 Å². The van der Waals surface area contributed by atoms with Crippen LogP contribution in [0, 0.1) is 5.92 Å². The molecule has 1 unspecified atom stereocenters. The molecule has 1 aliphatic heterocycles. The topological polar surface area (TPSA) is 41.5 Å². The average Bonchev–Trinajstić information content (AvgIpc) is 2.58. The molecule has 2 aromatic carbocycles. The van der Waals surface area contributed by atoms with Crippen molar-refractivity contribution >= 4 is 23.0 Å². The molecule has 3 rings (SSSR count). The van der Waals surface area contributed by atoms with Crippen LogP contribution in [-0.4, -0.2) is 11.6 Å². The molecule has 0 saturated heterocycles. The van der Waals surface area contributed by atoms with Gasteiger partial charge in [0.15, 0.2) is 0 Å². The Morgan fingerprint density at radius 1 is 1.00 bits per heavy atom. The zero-order valence-corrected chi connectivity index (χ0v) is 10.6. The van der Waals surface area contributed by atoms with Crippen LogP contribution in [0.4, 0.5) is 11.4 Å². The van der Waals surface area contributed by atoms with Gasteiger partial charge in [-0.05, 0) is 24.6 Å². The smallest absolute Gasteiger partial charge is 0.233 e. The summed E-state index contributed by atoms with van der Waals surface area (Å²) in [5.41, 5.74) is 3.37. The van der Waals surface area contributed by atoms with Crippen molar-refractivity contribution < 1.29 is 4.79 Å². The SMILES string of the molecule is CC1C(=O)Nc2ccccc2N=C1c1ccccc1. The van der Waals surface area contributed by atoms with Gasteiger partial charge >= 0.3 is 0 Å². The normalized spacial score (nSPS) is 18.1. The highest BCUT2D eigenvalue weighted by Crippen LogP contribution is 2.30. The van der Waals surface area contributed by atoms with Gasteiger partial charge in [-0.3, -0.25) is 4.79 Å². The van der Waals surface area contributed by atoms with Crippen LogP contribution in [0.2, 0.25) is 0 Å². The summed E-state index contributed by atoms with van der Waals surface area (Å²) in [6.07, 6.45) is 0. The third-order valence-electron chi connectivity index (χ3n) is 3.28. The number of para-hydroxylation sites is 2. The van der Waals surface area contributed by atoms with E-state index in [1.165, 1.54) is 0 Å². The Labute approximate surface area is 112 Å². The molecule has 1 aliphatic rings. The van der Waals surface area contributed by atoms with Crippen LogP contribution in [-0.2, 0) is 4.79 Å². The number of rotatable bonds is 1. The van der Waals surface area contributed by atoms with E-state index in [1.807, 2.05) is 61.5 Å². The van der Waals surface area contributed by atoms with Gasteiger partial charge in [0.05, 0.1) is 23.0 Å². The van der Waals surface area contributed by atoms with E-state index in [0.717, 1.165) is 22.6 Å². The summed E-state index contributed by atoms with van der Waals surface area (Å²) in [4.78, 5) is 16.8. The van der Waals surface area contributed by atoms with Crippen LogP contribution < -0.4 is 5.32 Å². The predicted molar refractivity (Wildman–Crippen MR) is 76.9 cm³/mol. The predicted octanol–water partition coefficient (Wildman–Crippen LogP) is 3.40. The first kappa shape index (κ1) is 11.7. The molecule has 0 bridgehead atoms. The fourth-order valence-electron chi connectivity index (χ4n) is 2.19. The van der Waals surface area contributed by atoms with Gasteiger partial charge in [-0.25, -0.2) is 4.99 Å². The highest BCUT2D eigenvalue weighted by atomic mass is 16.1. The van der Waals surface area contributed by atoms with E-state index in [-0.39, 0.29) is 11.8 Å². The largest absolute Gasteiger partial charge is 0.324 e. The first-order valence-electron chi connectivity index (χ1n) is 6.29. The van der Waals surface area contributed by atoms with Crippen molar-refractivity contribution in [2.45, 2.75) is 6.92 Å². The molecule has 3 heteroatoms.